The van der Waals surface area contributed by atoms with Crippen molar-refractivity contribution in [2.45, 2.75) is 12.3 Å². The minimum atomic E-state index is -0.704. The highest BCUT2D eigenvalue weighted by Gasteiger charge is 2.57. The fraction of sp³-hybridized carbons (Fsp3) is 0.333. The predicted octanol–water partition coefficient (Wildman–Crippen LogP) is 2.27. The SMILES string of the molecule is N#CC1(C#N)C[C@H]1c1cccs1. The molecule has 12 heavy (non-hydrogen) atoms. The first-order chi connectivity index (χ1) is 5.82. The van der Waals surface area contributed by atoms with Gasteiger partial charge in [-0.1, -0.05) is 6.07 Å². The van der Waals surface area contributed by atoms with Crippen molar-refractivity contribution in [3.05, 3.63) is 22.4 Å². The van der Waals surface area contributed by atoms with Crippen LogP contribution < -0.4 is 0 Å². The lowest BCUT2D eigenvalue weighted by molar-refractivity contribution is 0.849. The van der Waals surface area contributed by atoms with E-state index in [0.717, 1.165) is 4.88 Å². The van der Waals surface area contributed by atoms with E-state index in [1.165, 1.54) is 0 Å². The van der Waals surface area contributed by atoms with Crippen molar-refractivity contribution >= 4 is 11.3 Å². The molecule has 3 heteroatoms. The molecule has 1 aliphatic rings. The molecular weight excluding hydrogens is 168 g/mol. The number of hydrogen-bond acceptors (Lipinski definition) is 3. The van der Waals surface area contributed by atoms with Crippen molar-refractivity contribution in [2.75, 3.05) is 0 Å². The van der Waals surface area contributed by atoms with Crippen molar-refractivity contribution in [3.8, 4) is 12.1 Å². The standard InChI is InChI=1S/C9H6N2S/c10-5-9(6-11)4-7(9)8-2-1-3-12-8/h1-3,7H,4H2/t7-/m0/s1. The first-order valence-corrected chi connectivity index (χ1v) is 4.56. The number of nitriles is 2. The molecule has 1 saturated carbocycles. The van der Waals surface area contributed by atoms with Crippen LogP contribution in [-0.2, 0) is 0 Å². The Labute approximate surface area is 74.7 Å². The van der Waals surface area contributed by atoms with E-state index in [0.29, 0.717) is 6.42 Å². The zero-order chi connectivity index (χ0) is 8.60. The smallest absolute Gasteiger partial charge is 0.152 e. The summed E-state index contributed by atoms with van der Waals surface area (Å²) in [6.45, 7) is 0. The molecule has 0 bridgehead atoms. The second-order valence-corrected chi connectivity index (χ2v) is 3.95. The monoisotopic (exact) mass is 174 g/mol. The summed E-state index contributed by atoms with van der Waals surface area (Å²) in [7, 11) is 0. The summed E-state index contributed by atoms with van der Waals surface area (Å²) in [5.41, 5.74) is -0.704. The normalized spacial score (nSPS) is 24.0. The van der Waals surface area contributed by atoms with Gasteiger partial charge in [-0.3, -0.25) is 0 Å². The van der Waals surface area contributed by atoms with Gasteiger partial charge in [-0.15, -0.1) is 11.3 Å². The third-order valence-corrected chi connectivity index (χ3v) is 3.23. The summed E-state index contributed by atoms with van der Waals surface area (Å²) in [5.74, 6) is 0.174. The number of thiophene rings is 1. The fourth-order valence-corrected chi connectivity index (χ4v) is 2.29. The first kappa shape index (κ1) is 7.34. The maximum Gasteiger partial charge on any atom is 0.152 e. The highest BCUT2D eigenvalue weighted by molar-refractivity contribution is 7.10. The summed E-state index contributed by atoms with van der Waals surface area (Å²) in [6.07, 6.45) is 0.709. The maximum absolute atomic E-state index is 8.76. The van der Waals surface area contributed by atoms with Crippen LogP contribution in [0.4, 0.5) is 0 Å². The lowest BCUT2D eigenvalue weighted by Crippen LogP contribution is -1.93. The first-order valence-electron chi connectivity index (χ1n) is 3.68. The van der Waals surface area contributed by atoms with Crippen LogP contribution in [0, 0.1) is 28.1 Å². The quantitative estimate of drug-likeness (QED) is 0.655. The van der Waals surface area contributed by atoms with E-state index in [9.17, 15) is 0 Å². The van der Waals surface area contributed by atoms with Gasteiger partial charge in [-0.25, -0.2) is 0 Å². The van der Waals surface area contributed by atoms with Crippen LogP contribution in [0.2, 0.25) is 0 Å². The summed E-state index contributed by atoms with van der Waals surface area (Å²) < 4.78 is 0. The maximum atomic E-state index is 8.76. The van der Waals surface area contributed by atoms with Gasteiger partial charge in [0.15, 0.2) is 5.41 Å². The topological polar surface area (TPSA) is 47.6 Å². The fourth-order valence-electron chi connectivity index (χ4n) is 1.37. The molecule has 2 nitrogen and oxygen atoms in total. The van der Waals surface area contributed by atoms with Crippen LogP contribution in [0.25, 0.3) is 0 Å². The van der Waals surface area contributed by atoms with Crippen molar-refractivity contribution in [1.82, 2.24) is 0 Å². The van der Waals surface area contributed by atoms with Gasteiger partial charge in [0, 0.05) is 10.8 Å². The minimum absolute atomic E-state index is 0.174. The molecule has 1 heterocycles. The molecule has 1 aromatic rings. The lowest BCUT2D eigenvalue weighted by atomic mass is 10.1. The molecule has 0 N–H and O–H groups in total. The Morgan fingerprint density at radius 3 is 2.67 bits per heavy atom. The molecule has 0 unspecified atom stereocenters. The summed E-state index contributed by atoms with van der Waals surface area (Å²) in [5, 5.41) is 19.5. The second kappa shape index (κ2) is 2.33. The van der Waals surface area contributed by atoms with Gasteiger partial charge in [0.2, 0.25) is 0 Å². The molecule has 1 fully saturated rings. The second-order valence-electron chi connectivity index (χ2n) is 2.97. The minimum Gasteiger partial charge on any atom is -0.197 e. The molecule has 1 atom stereocenters. The zero-order valence-electron chi connectivity index (χ0n) is 6.32. The highest BCUT2D eigenvalue weighted by atomic mass is 32.1. The third kappa shape index (κ3) is 0.841. The van der Waals surface area contributed by atoms with Gasteiger partial charge < -0.3 is 0 Å². The van der Waals surface area contributed by atoms with E-state index in [2.05, 4.69) is 12.1 Å². The van der Waals surface area contributed by atoms with Crippen molar-refractivity contribution in [3.63, 3.8) is 0 Å². The van der Waals surface area contributed by atoms with Gasteiger partial charge in [0.1, 0.15) is 0 Å². The molecular formula is C9H6N2S. The van der Waals surface area contributed by atoms with E-state index in [1.54, 1.807) is 11.3 Å². The van der Waals surface area contributed by atoms with Gasteiger partial charge in [0.05, 0.1) is 12.1 Å². The number of hydrogen-bond donors (Lipinski definition) is 0. The van der Waals surface area contributed by atoms with E-state index >= 15 is 0 Å². The molecule has 2 rings (SSSR count). The lowest BCUT2D eigenvalue weighted by Gasteiger charge is -1.92. The van der Waals surface area contributed by atoms with Gasteiger partial charge in [-0.05, 0) is 17.9 Å². The summed E-state index contributed by atoms with van der Waals surface area (Å²) in [6, 6.07) is 8.12. The molecule has 0 aromatic carbocycles. The largest absolute Gasteiger partial charge is 0.197 e. The van der Waals surface area contributed by atoms with Crippen molar-refractivity contribution < 1.29 is 0 Å². The van der Waals surface area contributed by atoms with Crippen LogP contribution in [0.1, 0.15) is 17.2 Å². The average molecular weight is 174 g/mol. The van der Waals surface area contributed by atoms with E-state index < -0.39 is 5.41 Å². The Morgan fingerprint density at radius 1 is 1.50 bits per heavy atom. The Hall–Kier alpha value is -1.32. The average Bonchev–Trinajstić information content (AvgIpc) is 2.59. The van der Waals surface area contributed by atoms with Crippen LogP contribution in [0.15, 0.2) is 17.5 Å². The molecule has 0 amide bonds. The van der Waals surface area contributed by atoms with E-state index in [-0.39, 0.29) is 5.92 Å². The molecule has 0 aliphatic heterocycles. The van der Waals surface area contributed by atoms with Crippen LogP contribution in [0.5, 0.6) is 0 Å². The van der Waals surface area contributed by atoms with Crippen LogP contribution in [-0.4, -0.2) is 0 Å². The zero-order valence-corrected chi connectivity index (χ0v) is 7.14. The molecule has 0 saturated heterocycles. The number of nitrogens with zero attached hydrogens (tertiary/aromatic N) is 2. The molecule has 58 valence electrons. The van der Waals surface area contributed by atoms with Crippen molar-refractivity contribution in [2.24, 2.45) is 5.41 Å². The molecule has 0 radical (unpaired) electrons. The van der Waals surface area contributed by atoms with E-state index in [1.807, 2.05) is 17.5 Å². The van der Waals surface area contributed by atoms with Gasteiger partial charge >= 0.3 is 0 Å². The van der Waals surface area contributed by atoms with Crippen LogP contribution in [0.3, 0.4) is 0 Å². The molecule has 1 aromatic heterocycles. The summed E-state index contributed by atoms with van der Waals surface area (Å²) >= 11 is 1.62. The molecule has 0 spiro atoms. The van der Waals surface area contributed by atoms with Crippen molar-refractivity contribution in [1.29, 1.82) is 10.5 Å². The Kier molecular flexibility index (Phi) is 1.43. The highest BCUT2D eigenvalue weighted by Crippen LogP contribution is 2.59. The third-order valence-electron chi connectivity index (χ3n) is 2.25. The number of rotatable bonds is 1. The Morgan fingerprint density at radius 2 is 2.25 bits per heavy atom. The van der Waals surface area contributed by atoms with Crippen LogP contribution >= 0.6 is 11.3 Å². The Bertz CT molecular complexity index is 352. The van der Waals surface area contributed by atoms with Gasteiger partial charge in [-0.2, -0.15) is 10.5 Å². The summed E-state index contributed by atoms with van der Waals surface area (Å²) in [4.78, 5) is 1.16. The predicted molar refractivity (Wildman–Crippen MR) is 45.3 cm³/mol. The van der Waals surface area contributed by atoms with Gasteiger partial charge in [0.25, 0.3) is 0 Å². The Balaban J connectivity index is 2.26. The molecule has 1 aliphatic carbocycles. The van der Waals surface area contributed by atoms with E-state index in [4.69, 9.17) is 10.5 Å².